The summed E-state index contributed by atoms with van der Waals surface area (Å²) in [4.78, 5) is 27.2. The van der Waals surface area contributed by atoms with Crippen molar-refractivity contribution in [3.63, 3.8) is 0 Å². The van der Waals surface area contributed by atoms with Crippen molar-refractivity contribution in [2.24, 2.45) is 11.7 Å². The van der Waals surface area contributed by atoms with Crippen molar-refractivity contribution in [3.05, 3.63) is 58.6 Å². The Morgan fingerprint density at radius 1 is 1.15 bits per heavy atom. The Kier molecular flexibility index (Phi) is 8.40. The number of carbonyl (C=O) groups is 2. The van der Waals surface area contributed by atoms with Gasteiger partial charge in [0, 0.05) is 17.3 Å². The lowest BCUT2D eigenvalue weighted by Crippen LogP contribution is -2.47. The largest absolute Gasteiger partial charge is 0.573 e. The summed E-state index contributed by atoms with van der Waals surface area (Å²) in [6, 6.07) is 9.89. The maximum atomic E-state index is 12.6. The summed E-state index contributed by atoms with van der Waals surface area (Å²) in [7, 11) is 0. The second-order valence-corrected chi connectivity index (χ2v) is 8.65. The van der Waals surface area contributed by atoms with Crippen molar-refractivity contribution in [3.8, 4) is 5.75 Å². The summed E-state index contributed by atoms with van der Waals surface area (Å²) >= 11 is 5.92. The van der Waals surface area contributed by atoms with Gasteiger partial charge in [-0.05, 0) is 67.7 Å². The molecule has 34 heavy (non-hydrogen) atoms. The number of anilines is 1. The number of piperidine rings is 1. The van der Waals surface area contributed by atoms with E-state index in [0.29, 0.717) is 5.02 Å². The number of halogens is 4. The monoisotopic (exact) mass is 498 g/mol. The minimum absolute atomic E-state index is 0.0283. The van der Waals surface area contributed by atoms with Gasteiger partial charge in [0.15, 0.2) is 5.78 Å². The smallest absolute Gasteiger partial charge is 0.406 e. The lowest BCUT2D eigenvalue weighted by molar-refractivity contribution is -0.274. The van der Waals surface area contributed by atoms with Crippen molar-refractivity contribution < 1.29 is 27.5 Å². The molecular formula is C23H26ClF3N4O3. The molecule has 0 radical (unpaired) electrons. The van der Waals surface area contributed by atoms with E-state index in [1.54, 1.807) is 0 Å². The van der Waals surface area contributed by atoms with Gasteiger partial charge in [0.25, 0.3) is 5.91 Å². The van der Waals surface area contributed by atoms with Crippen molar-refractivity contribution in [2.75, 3.05) is 25.4 Å². The lowest BCUT2D eigenvalue weighted by atomic mass is 9.87. The molecule has 5 N–H and O–H groups in total. The molecule has 0 spiro atoms. The first-order chi connectivity index (χ1) is 16.0. The van der Waals surface area contributed by atoms with E-state index < -0.39 is 24.1 Å². The number of nitrogens with two attached hydrogens (primary N) is 2. The zero-order valence-corrected chi connectivity index (χ0v) is 19.0. The average Bonchev–Trinajstić information content (AvgIpc) is 2.79. The van der Waals surface area contributed by atoms with Crippen LogP contribution in [0.15, 0.2) is 42.5 Å². The first-order valence-corrected chi connectivity index (χ1v) is 11.1. The molecule has 11 heteroatoms. The van der Waals surface area contributed by atoms with Crippen LogP contribution in [0.4, 0.5) is 18.9 Å². The summed E-state index contributed by atoms with van der Waals surface area (Å²) < 4.78 is 41.1. The number of nitrogen functional groups attached to an aromatic ring is 1. The summed E-state index contributed by atoms with van der Waals surface area (Å²) in [6.45, 7) is 1.99. The number of carbonyl (C=O) groups excluding carboxylic acids is 2. The van der Waals surface area contributed by atoms with Crippen molar-refractivity contribution in [2.45, 2.75) is 31.8 Å². The van der Waals surface area contributed by atoms with Crippen LogP contribution in [0.5, 0.6) is 5.75 Å². The van der Waals surface area contributed by atoms with Gasteiger partial charge in [-0.15, -0.1) is 13.2 Å². The van der Waals surface area contributed by atoms with Crippen LogP contribution in [-0.4, -0.2) is 48.6 Å². The van der Waals surface area contributed by atoms with E-state index in [1.165, 1.54) is 0 Å². The molecule has 0 saturated carbocycles. The zero-order valence-electron chi connectivity index (χ0n) is 18.3. The SMILES string of the molecule is Nc1ccc(OC(F)(F)F)cc1C(=O)NCC(=O)C(N)C1CCN(Cc2ccc(Cl)cc2)CC1. The molecule has 7 nitrogen and oxygen atoms in total. The Hall–Kier alpha value is -2.82. The minimum atomic E-state index is -4.91. The van der Waals surface area contributed by atoms with E-state index in [-0.39, 0.29) is 29.5 Å². The fourth-order valence-electron chi connectivity index (χ4n) is 3.89. The van der Waals surface area contributed by atoms with E-state index in [0.717, 1.165) is 56.2 Å². The molecule has 1 fully saturated rings. The average molecular weight is 499 g/mol. The highest BCUT2D eigenvalue weighted by Gasteiger charge is 2.32. The fraction of sp³-hybridized carbons (Fsp3) is 0.391. The number of hydrogen-bond acceptors (Lipinski definition) is 6. The maximum Gasteiger partial charge on any atom is 0.573 e. The molecule has 1 aliphatic rings. The molecule has 0 aromatic heterocycles. The molecule has 0 aliphatic carbocycles. The number of rotatable bonds is 8. The molecule has 184 valence electrons. The molecule has 2 aromatic carbocycles. The number of nitrogens with one attached hydrogen (secondary N) is 1. The van der Waals surface area contributed by atoms with E-state index in [4.69, 9.17) is 23.1 Å². The number of alkyl halides is 3. The quantitative estimate of drug-likeness (QED) is 0.481. The first kappa shape index (κ1) is 25.8. The number of hydrogen-bond donors (Lipinski definition) is 3. The van der Waals surface area contributed by atoms with Crippen LogP contribution in [0.3, 0.4) is 0 Å². The number of nitrogens with zero attached hydrogens (tertiary/aromatic N) is 1. The topological polar surface area (TPSA) is 111 Å². The van der Waals surface area contributed by atoms with Crippen LogP contribution in [0.2, 0.25) is 5.02 Å². The number of likely N-dealkylation sites (tertiary alicyclic amines) is 1. The minimum Gasteiger partial charge on any atom is -0.406 e. The third-order valence-corrected chi connectivity index (χ3v) is 6.01. The standard InChI is InChI=1S/C23H26ClF3N4O3/c24-16-3-1-14(2-4-16)13-31-9-7-15(8-10-31)21(29)20(32)12-30-22(33)18-11-17(5-6-19(18)28)34-23(25,26)27/h1-6,11,15,21H,7-10,12-13,28-29H2,(H,30,33). The van der Waals surface area contributed by atoms with Crippen molar-refractivity contribution in [1.29, 1.82) is 0 Å². The van der Waals surface area contributed by atoms with E-state index in [2.05, 4.69) is 15.0 Å². The number of ketones is 1. The van der Waals surface area contributed by atoms with Crippen LogP contribution >= 0.6 is 11.6 Å². The fourth-order valence-corrected chi connectivity index (χ4v) is 4.02. The lowest BCUT2D eigenvalue weighted by Gasteiger charge is -2.34. The van der Waals surface area contributed by atoms with Gasteiger partial charge in [0.05, 0.1) is 18.2 Å². The molecule has 1 amide bonds. The summed E-state index contributed by atoms with van der Waals surface area (Å²) in [5, 5.41) is 3.07. The number of ether oxygens (including phenoxy) is 1. The van der Waals surface area contributed by atoms with Crippen molar-refractivity contribution in [1.82, 2.24) is 10.2 Å². The van der Waals surface area contributed by atoms with Crippen LogP contribution in [0, 0.1) is 5.92 Å². The normalized spacial score (nSPS) is 16.1. The van der Waals surface area contributed by atoms with E-state index in [9.17, 15) is 22.8 Å². The van der Waals surface area contributed by atoms with Gasteiger partial charge in [-0.25, -0.2) is 0 Å². The highest BCUT2D eigenvalue weighted by Crippen LogP contribution is 2.26. The van der Waals surface area contributed by atoms with Crippen LogP contribution < -0.4 is 21.5 Å². The van der Waals surface area contributed by atoms with Gasteiger partial charge >= 0.3 is 6.36 Å². The van der Waals surface area contributed by atoms with Crippen LogP contribution in [-0.2, 0) is 11.3 Å². The van der Waals surface area contributed by atoms with Gasteiger partial charge in [0.2, 0.25) is 0 Å². The summed E-state index contributed by atoms with van der Waals surface area (Å²) in [5.74, 6) is -1.76. The Balaban J connectivity index is 1.48. The van der Waals surface area contributed by atoms with Crippen LogP contribution in [0.25, 0.3) is 0 Å². The molecule has 1 aliphatic heterocycles. The molecule has 2 aromatic rings. The van der Waals surface area contributed by atoms with E-state index in [1.807, 2.05) is 24.3 Å². The molecule has 1 atom stereocenters. The Labute approximate surface area is 200 Å². The van der Waals surface area contributed by atoms with Gasteiger partial charge in [0.1, 0.15) is 5.75 Å². The Morgan fingerprint density at radius 3 is 2.41 bits per heavy atom. The third kappa shape index (κ3) is 7.34. The van der Waals surface area contributed by atoms with Crippen molar-refractivity contribution >= 4 is 29.0 Å². The first-order valence-electron chi connectivity index (χ1n) is 10.7. The summed E-state index contributed by atoms with van der Waals surface area (Å²) in [5.41, 5.74) is 12.7. The van der Waals surface area contributed by atoms with E-state index >= 15 is 0 Å². The Bertz CT molecular complexity index is 1010. The van der Waals surface area contributed by atoms with Gasteiger partial charge in [-0.2, -0.15) is 0 Å². The molecular weight excluding hydrogens is 473 g/mol. The molecule has 0 bridgehead atoms. The number of Topliss-reactive ketones (excluding diaryl/α,β-unsaturated/α-hetero) is 1. The van der Waals surface area contributed by atoms with Crippen LogP contribution in [0.1, 0.15) is 28.8 Å². The molecule has 3 rings (SSSR count). The maximum absolute atomic E-state index is 12.6. The summed E-state index contributed by atoms with van der Waals surface area (Å²) in [6.07, 6.45) is -3.44. The third-order valence-electron chi connectivity index (χ3n) is 5.76. The second-order valence-electron chi connectivity index (χ2n) is 8.21. The molecule has 1 saturated heterocycles. The second kappa shape index (κ2) is 11.1. The predicted molar refractivity (Wildman–Crippen MR) is 122 cm³/mol. The highest BCUT2D eigenvalue weighted by molar-refractivity contribution is 6.30. The molecule has 1 heterocycles. The van der Waals surface area contributed by atoms with Gasteiger partial charge in [-0.1, -0.05) is 23.7 Å². The van der Waals surface area contributed by atoms with Gasteiger partial charge < -0.3 is 21.5 Å². The number of amides is 1. The van der Waals surface area contributed by atoms with Gasteiger partial charge in [-0.3, -0.25) is 14.5 Å². The predicted octanol–water partition coefficient (Wildman–Crippen LogP) is 3.36. The Morgan fingerprint density at radius 2 is 1.79 bits per heavy atom. The number of benzene rings is 2. The zero-order chi connectivity index (χ0) is 24.9. The highest BCUT2D eigenvalue weighted by atomic mass is 35.5. The molecule has 1 unspecified atom stereocenters.